The fraction of sp³-hybridized carbons (Fsp3) is 0.296. The Labute approximate surface area is 224 Å². The molecule has 36 heavy (non-hydrogen) atoms. The molecule has 0 aromatic heterocycles. The van der Waals surface area contributed by atoms with Gasteiger partial charge in [0.2, 0.25) is 10.0 Å². The third kappa shape index (κ3) is 9.26. The number of carbonyl (C=O) groups excluding carboxylic acids is 1. The number of benzene rings is 3. The Morgan fingerprint density at radius 3 is 2.22 bits per heavy atom. The lowest BCUT2D eigenvalue weighted by molar-refractivity contribution is 0.0979. The minimum Gasteiger partial charge on any atom is -0.387 e. The summed E-state index contributed by atoms with van der Waals surface area (Å²) in [5.74, 6) is -0.623. The van der Waals surface area contributed by atoms with E-state index in [2.05, 4.69) is 22.2 Å². The number of thioether (sulfide) groups is 1. The third-order valence-corrected chi connectivity index (χ3v) is 6.89. The highest BCUT2D eigenvalue weighted by atomic mass is 35.5. The van der Waals surface area contributed by atoms with Gasteiger partial charge in [0.05, 0.1) is 17.9 Å². The van der Waals surface area contributed by atoms with Crippen LogP contribution in [0.4, 0.5) is 0 Å². The Morgan fingerprint density at radius 1 is 0.972 bits per heavy atom. The van der Waals surface area contributed by atoms with Crippen LogP contribution in [0.1, 0.15) is 41.4 Å². The number of amides is 1. The van der Waals surface area contributed by atoms with Crippen LogP contribution in [0.25, 0.3) is 11.1 Å². The first-order chi connectivity index (χ1) is 16.6. The zero-order valence-electron chi connectivity index (χ0n) is 20.6. The van der Waals surface area contributed by atoms with Gasteiger partial charge in [0.15, 0.2) is 0 Å². The molecule has 0 unspecified atom stereocenters. The largest absolute Gasteiger partial charge is 0.387 e. The van der Waals surface area contributed by atoms with Gasteiger partial charge in [-0.1, -0.05) is 74.5 Å². The van der Waals surface area contributed by atoms with Gasteiger partial charge in [0.25, 0.3) is 5.91 Å². The zero-order chi connectivity index (χ0) is 25.4. The van der Waals surface area contributed by atoms with Crippen molar-refractivity contribution >= 4 is 40.1 Å². The highest BCUT2D eigenvalue weighted by Gasteiger charge is 2.17. The van der Waals surface area contributed by atoms with E-state index in [-0.39, 0.29) is 17.7 Å². The first kappa shape index (κ1) is 29.9. The van der Waals surface area contributed by atoms with Gasteiger partial charge in [-0.05, 0) is 47.4 Å². The number of carbonyl (C=O) groups is 1. The molecule has 0 saturated carbocycles. The summed E-state index contributed by atoms with van der Waals surface area (Å²) in [6.07, 6.45) is 1.27. The van der Waals surface area contributed by atoms with E-state index in [0.29, 0.717) is 12.1 Å². The van der Waals surface area contributed by atoms with Gasteiger partial charge < -0.3 is 10.4 Å². The molecule has 0 heterocycles. The molecular formula is C27H33ClN2O4S2. The molecule has 0 aliphatic rings. The van der Waals surface area contributed by atoms with Gasteiger partial charge in [-0.15, -0.1) is 24.2 Å². The molecule has 1 atom stereocenters. The van der Waals surface area contributed by atoms with Crippen LogP contribution < -0.4 is 10.0 Å². The fourth-order valence-electron chi connectivity index (χ4n) is 3.59. The van der Waals surface area contributed by atoms with Crippen molar-refractivity contribution in [3.8, 4) is 11.1 Å². The van der Waals surface area contributed by atoms with Gasteiger partial charge in [-0.25, -0.2) is 13.1 Å². The molecule has 3 rings (SSSR count). The van der Waals surface area contributed by atoms with Crippen LogP contribution in [-0.2, 0) is 16.4 Å². The van der Waals surface area contributed by atoms with Crippen LogP contribution in [0.3, 0.4) is 0 Å². The van der Waals surface area contributed by atoms with Crippen LogP contribution >= 0.6 is 24.2 Å². The van der Waals surface area contributed by atoms with Crippen LogP contribution in [0.5, 0.6) is 0 Å². The van der Waals surface area contributed by atoms with Crippen molar-refractivity contribution < 1.29 is 18.3 Å². The molecule has 3 N–H and O–H groups in total. The Morgan fingerprint density at radius 2 is 1.61 bits per heavy atom. The average Bonchev–Trinajstić information content (AvgIpc) is 2.81. The van der Waals surface area contributed by atoms with E-state index in [4.69, 9.17) is 0 Å². The van der Waals surface area contributed by atoms with Crippen molar-refractivity contribution in [1.82, 2.24) is 10.0 Å². The molecule has 0 radical (unpaired) electrons. The molecular weight excluding hydrogens is 516 g/mol. The number of hydrogen-bond donors (Lipinski definition) is 3. The average molecular weight is 549 g/mol. The van der Waals surface area contributed by atoms with Gasteiger partial charge >= 0.3 is 0 Å². The normalized spacial score (nSPS) is 12.1. The number of aliphatic hydroxyl groups excluding tert-OH is 1. The Balaban J connectivity index is 0.00000456. The van der Waals surface area contributed by atoms with E-state index < -0.39 is 22.0 Å². The molecule has 0 spiro atoms. The van der Waals surface area contributed by atoms with Crippen molar-refractivity contribution in [2.24, 2.45) is 0 Å². The summed E-state index contributed by atoms with van der Waals surface area (Å²) in [5, 5.41) is 13.8. The second-order valence-electron chi connectivity index (χ2n) is 8.66. The van der Waals surface area contributed by atoms with Crippen LogP contribution in [0.15, 0.2) is 77.7 Å². The molecule has 3 aromatic rings. The maximum Gasteiger partial charge on any atom is 0.265 e. The second-order valence-corrected chi connectivity index (χ2v) is 12.0. The molecule has 194 valence electrons. The fourth-order valence-corrected chi connectivity index (χ4v) is 5.03. The first-order valence-corrected chi connectivity index (χ1v) is 14.3. The van der Waals surface area contributed by atoms with Crippen LogP contribution in [0, 0.1) is 0 Å². The smallest absolute Gasteiger partial charge is 0.265 e. The summed E-state index contributed by atoms with van der Waals surface area (Å²) >= 11 is 1.52. The van der Waals surface area contributed by atoms with E-state index in [0.717, 1.165) is 40.8 Å². The van der Waals surface area contributed by atoms with Gasteiger partial charge in [0, 0.05) is 16.7 Å². The number of hydrogen-bond acceptors (Lipinski definition) is 6. The second kappa shape index (κ2) is 13.8. The molecule has 0 fully saturated rings. The van der Waals surface area contributed by atoms with E-state index in [1.807, 2.05) is 68.4 Å². The minimum atomic E-state index is -3.64. The van der Waals surface area contributed by atoms with E-state index in [9.17, 15) is 18.3 Å². The molecule has 0 bridgehead atoms. The van der Waals surface area contributed by atoms with Gasteiger partial charge in [-0.2, -0.15) is 0 Å². The highest BCUT2D eigenvalue weighted by molar-refractivity contribution is 8.00. The topological polar surface area (TPSA) is 95.5 Å². The van der Waals surface area contributed by atoms with Crippen molar-refractivity contribution in [2.75, 3.05) is 19.3 Å². The predicted molar refractivity (Wildman–Crippen MR) is 150 cm³/mol. The molecule has 0 saturated heterocycles. The van der Waals surface area contributed by atoms with Crippen molar-refractivity contribution in [2.45, 2.75) is 36.5 Å². The standard InChI is InChI=1S/C27H32N2O4S2.ClH/c1-19(2)34-26-17-23(13-14-24(26)27(31)29-35(3,32)33)21-11-9-20(10-12-21)15-16-28-18-25(30)22-7-5-4-6-8-22;/h4-14,17,19,25,28,30H,15-16,18H2,1-3H3,(H,29,31);1H/t25-;/m0./s1. The quantitative estimate of drug-likeness (QED) is 0.235. The Kier molecular flexibility index (Phi) is 11.5. The first-order valence-electron chi connectivity index (χ1n) is 11.5. The lowest BCUT2D eigenvalue weighted by Gasteiger charge is -2.14. The molecule has 6 nitrogen and oxygen atoms in total. The zero-order valence-corrected chi connectivity index (χ0v) is 23.1. The SMILES string of the molecule is CC(C)Sc1cc(-c2ccc(CCNC[C@H](O)c3ccccc3)cc2)ccc1C(=O)NS(C)(=O)=O.Cl. The third-order valence-electron chi connectivity index (χ3n) is 5.27. The van der Waals surface area contributed by atoms with Crippen molar-refractivity contribution in [3.63, 3.8) is 0 Å². The summed E-state index contributed by atoms with van der Waals surface area (Å²) in [6, 6.07) is 23.3. The van der Waals surface area contributed by atoms with Crippen LogP contribution in [-0.4, -0.2) is 44.0 Å². The van der Waals surface area contributed by atoms with Gasteiger partial charge in [0.1, 0.15) is 0 Å². The lowest BCUT2D eigenvalue weighted by Crippen LogP contribution is -2.29. The maximum absolute atomic E-state index is 12.5. The Bertz CT molecular complexity index is 1230. The molecule has 0 aliphatic carbocycles. The summed E-state index contributed by atoms with van der Waals surface area (Å²) in [6.45, 7) is 5.30. The monoisotopic (exact) mass is 548 g/mol. The highest BCUT2D eigenvalue weighted by Crippen LogP contribution is 2.32. The summed E-state index contributed by atoms with van der Waals surface area (Å²) in [4.78, 5) is 13.2. The van der Waals surface area contributed by atoms with Crippen LogP contribution in [0.2, 0.25) is 0 Å². The summed E-state index contributed by atoms with van der Waals surface area (Å²) in [7, 11) is -3.64. The number of halogens is 1. The number of rotatable bonds is 11. The molecule has 1 amide bonds. The van der Waals surface area contributed by atoms with E-state index >= 15 is 0 Å². The van der Waals surface area contributed by atoms with Gasteiger partial charge in [-0.3, -0.25) is 4.79 Å². The summed E-state index contributed by atoms with van der Waals surface area (Å²) in [5.41, 5.74) is 4.40. The molecule has 9 heteroatoms. The van der Waals surface area contributed by atoms with E-state index in [1.54, 1.807) is 6.07 Å². The van der Waals surface area contributed by atoms with Crippen molar-refractivity contribution in [3.05, 3.63) is 89.5 Å². The lowest BCUT2D eigenvalue weighted by atomic mass is 10.0. The predicted octanol–water partition coefficient (Wildman–Crippen LogP) is 4.83. The number of sulfonamides is 1. The number of nitrogens with one attached hydrogen (secondary N) is 2. The van der Waals surface area contributed by atoms with E-state index in [1.165, 1.54) is 17.3 Å². The maximum atomic E-state index is 12.5. The van der Waals surface area contributed by atoms with Crippen molar-refractivity contribution in [1.29, 1.82) is 0 Å². The molecule has 3 aromatic carbocycles. The molecule has 0 aliphatic heterocycles. The Hall–Kier alpha value is -2.36. The number of aliphatic hydroxyl groups is 1. The minimum absolute atomic E-state index is 0. The summed E-state index contributed by atoms with van der Waals surface area (Å²) < 4.78 is 25.1.